The lowest BCUT2D eigenvalue weighted by Crippen LogP contribution is -2.27. The first-order valence-corrected chi connectivity index (χ1v) is 7.54. The van der Waals surface area contributed by atoms with Crippen LogP contribution in [0.4, 0.5) is 0 Å². The summed E-state index contributed by atoms with van der Waals surface area (Å²) >= 11 is 1.96. The highest BCUT2D eigenvalue weighted by molar-refractivity contribution is 7.99. The number of nitrogens with one attached hydrogen (secondary N) is 1. The first-order valence-electron chi connectivity index (χ1n) is 6.55. The quantitative estimate of drug-likeness (QED) is 0.602. The van der Waals surface area contributed by atoms with E-state index in [-0.39, 0.29) is 0 Å². The van der Waals surface area contributed by atoms with E-state index >= 15 is 0 Å². The van der Waals surface area contributed by atoms with Crippen LogP contribution in [0, 0.1) is 0 Å². The molecule has 3 heteroatoms. The van der Waals surface area contributed by atoms with E-state index in [9.17, 15) is 0 Å². The highest BCUT2D eigenvalue weighted by Crippen LogP contribution is 2.35. The van der Waals surface area contributed by atoms with E-state index in [1.807, 2.05) is 17.8 Å². The number of thioether (sulfide) groups is 1. The molecule has 1 aliphatic rings. The van der Waals surface area contributed by atoms with Crippen molar-refractivity contribution < 1.29 is 4.74 Å². The molecule has 1 aliphatic heterocycles. The average molecular weight is 263 g/mol. The Morgan fingerprint density at radius 1 is 1.39 bits per heavy atom. The van der Waals surface area contributed by atoms with Gasteiger partial charge in [0.2, 0.25) is 0 Å². The van der Waals surface area contributed by atoms with Crippen LogP contribution in [-0.4, -0.2) is 25.5 Å². The first-order chi connectivity index (χ1) is 8.92. The maximum absolute atomic E-state index is 5.51. The van der Waals surface area contributed by atoms with Gasteiger partial charge < -0.3 is 10.1 Å². The van der Waals surface area contributed by atoms with Gasteiger partial charge in [0, 0.05) is 17.5 Å². The minimum atomic E-state index is 0.491. The molecule has 0 saturated heterocycles. The van der Waals surface area contributed by atoms with Gasteiger partial charge in [-0.2, -0.15) is 0 Å². The summed E-state index contributed by atoms with van der Waals surface area (Å²) in [6.45, 7) is 6.15. The van der Waals surface area contributed by atoms with Gasteiger partial charge in [-0.15, -0.1) is 18.3 Å². The molecule has 0 saturated carbocycles. The monoisotopic (exact) mass is 263 g/mol. The molecule has 1 aromatic rings. The van der Waals surface area contributed by atoms with Crippen molar-refractivity contribution in [1.29, 1.82) is 0 Å². The van der Waals surface area contributed by atoms with Gasteiger partial charge in [-0.05, 0) is 30.2 Å². The van der Waals surface area contributed by atoms with Crippen molar-refractivity contribution in [3.63, 3.8) is 0 Å². The third-order valence-corrected chi connectivity index (χ3v) is 4.18. The van der Waals surface area contributed by atoms with Crippen LogP contribution in [0.1, 0.15) is 24.4 Å². The molecule has 0 aromatic heterocycles. The number of ether oxygens (including phenoxy) is 1. The van der Waals surface area contributed by atoms with Crippen molar-refractivity contribution in [2.75, 3.05) is 25.5 Å². The van der Waals surface area contributed by atoms with Crippen LogP contribution >= 0.6 is 11.8 Å². The standard InChI is InChI=1S/C15H21NOS/c1-2-3-10-17-11-9-16-14-8-12-18-15-7-5-4-6-13(14)15/h2,4-7,14,16H,1,3,8-12H2. The van der Waals surface area contributed by atoms with Gasteiger partial charge in [-0.1, -0.05) is 24.3 Å². The molecule has 0 aliphatic carbocycles. The minimum absolute atomic E-state index is 0.491. The van der Waals surface area contributed by atoms with Crippen LogP contribution < -0.4 is 5.32 Å². The van der Waals surface area contributed by atoms with Crippen LogP contribution in [0.5, 0.6) is 0 Å². The molecule has 2 nitrogen and oxygen atoms in total. The van der Waals surface area contributed by atoms with E-state index in [2.05, 4.69) is 36.2 Å². The van der Waals surface area contributed by atoms with Gasteiger partial charge in [0.05, 0.1) is 13.2 Å². The summed E-state index contributed by atoms with van der Waals surface area (Å²) in [4.78, 5) is 1.42. The first kappa shape index (κ1) is 13.7. The molecular weight excluding hydrogens is 242 g/mol. The predicted octanol–water partition coefficient (Wildman–Crippen LogP) is 3.41. The zero-order valence-electron chi connectivity index (χ0n) is 10.7. The van der Waals surface area contributed by atoms with Gasteiger partial charge in [0.1, 0.15) is 0 Å². The molecule has 1 unspecified atom stereocenters. The van der Waals surface area contributed by atoms with Gasteiger partial charge in [0.15, 0.2) is 0 Å². The zero-order valence-corrected chi connectivity index (χ0v) is 11.5. The Labute approximate surface area is 114 Å². The van der Waals surface area contributed by atoms with E-state index in [0.29, 0.717) is 6.04 Å². The Kier molecular flexibility index (Phi) is 5.78. The molecule has 0 radical (unpaired) electrons. The van der Waals surface area contributed by atoms with Crippen molar-refractivity contribution in [1.82, 2.24) is 5.32 Å². The van der Waals surface area contributed by atoms with Crippen molar-refractivity contribution in [2.24, 2.45) is 0 Å². The normalized spacial score (nSPS) is 18.3. The number of hydrogen-bond acceptors (Lipinski definition) is 3. The van der Waals surface area contributed by atoms with Crippen molar-refractivity contribution in [2.45, 2.75) is 23.8 Å². The van der Waals surface area contributed by atoms with E-state index < -0.39 is 0 Å². The molecule has 0 spiro atoms. The maximum atomic E-state index is 5.51. The molecule has 18 heavy (non-hydrogen) atoms. The van der Waals surface area contributed by atoms with Crippen LogP contribution in [0.2, 0.25) is 0 Å². The molecule has 1 aromatic carbocycles. The van der Waals surface area contributed by atoms with Crippen LogP contribution in [-0.2, 0) is 4.74 Å². The lowest BCUT2D eigenvalue weighted by atomic mass is 10.0. The summed E-state index contributed by atoms with van der Waals surface area (Å²) < 4.78 is 5.51. The van der Waals surface area contributed by atoms with Crippen LogP contribution in [0.3, 0.4) is 0 Å². The van der Waals surface area contributed by atoms with E-state index in [4.69, 9.17) is 4.74 Å². The molecule has 98 valence electrons. The van der Waals surface area contributed by atoms with Gasteiger partial charge >= 0.3 is 0 Å². The summed E-state index contributed by atoms with van der Waals surface area (Å²) in [5.74, 6) is 1.20. The molecule has 2 rings (SSSR count). The molecule has 0 amide bonds. The Balaban J connectivity index is 1.75. The maximum Gasteiger partial charge on any atom is 0.0591 e. The second kappa shape index (κ2) is 7.62. The van der Waals surface area contributed by atoms with Crippen LogP contribution in [0.15, 0.2) is 41.8 Å². The fourth-order valence-electron chi connectivity index (χ4n) is 2.13. The second-order valence-corrected chi connectivity index (χ2v) is 5.51. The third kappa shape index (κ3) is 3.87. The smallest absolute Gasteiger partial charge is 0.0591 e. The summed E-state index contributed by atoms with van der Waals surface area (Å²) in [7, 11) is 0. The fourth-order valence-corrected chi connectivity index (χ4v) is 3.25. The Morgan fingerprint density at radius 3 is 3.17 bits per heavy atom. The Bertz CT molecular complexity index is 381. The van der Waals surface area contributed by atoms with E-state index in [0.717, 1.165) is 26.2 Å². The van der Waals surface area contributed by atoms with Crippen LogP contribution in [0.25, 0.3) is 0 Å². The lowest BCUT2D eigenvalue weighted by molar-refractivity contribution is 0.138. The summed E-state index contributed by atoms with van der Waals surface area (Å²) in [6, 6.07) is 9.18. The topological polar surface area (TPSA) is 21.3 Å². The Hall–Kier alpha value is -0.770. The molecule has 0 bridgehead atoms. The summed E-state index contributed by atoms with van der Waals surface area (Å²) in [5.41, 5.74) is 1.44. The van der Waals surface area contributed by atoms with Crippen molar-refractivity contribution in [3.8, 4) is 0 Å². The van der Waals surface area contributed by atoms with Gasteiger partial charge in [0.25, 0.3) is 0 Å². The van der Waals surface area contributed by atoms with E-state index in [1.54, 1.807) is 0 Å². The molecule has 1 N–H and O–H groups in total. The molecule has 1 heterocycles. The fraction of sp³-hybridized carbons (Fsp3) is 0.467. The predicted molar refractivity (Wildman–Crippen MR) is 78.2 cm³/mol. The largest absolute Gasteiger partial charge is 0.380 e. The number of fused-ring (bicyclic) bond motifs is 1. The number of rotatable bonds is 7. The zero-order chi connectivity index (χ0) is 12.6. The summed E-state index contributed by atoms with van der Waals surface area (Å²) in [6.07, 6.45) is 4.03. The number of hydrogen-bond donors (Lipinski definition) is 1. The van der Waals surface area contributed by atoms with Crippen molar-refractivity contribution in [3.05, 3.63) is 42.5 Å². The highest BCUT2D eigenvalue weighted by Gasteiger charge is 2.19. The third-order valence-electron chi connectivity index (χ3n) is 3.06. The molecule has 0 fully saturated rings. The lowest BCUT2D eigenvalue weighted by Gasteiger charge is -2.25. The molecule has 1 atom stereocenters. The van der Waals surface area contributed by atoms with Crippen molar-refractivity contribution >= 4 is 11.8 Å². The average Bonchev–Trinajstić information content (AvgIpc) is 2.43. The summed E-state index contributed by atoms with van der Waals surface area (Å²) in [5, 5.41) is 3.59. The minimum Gasteiger partial charge on any atom is -0.380 e. The number of benzene rings is 1. The van der Waals surface area contributed by atoms with Gasteiger partial charge in [-0.25, -0.2) is 0 Å². The SMILES string of the molecule is C=CCCOCCNC1CCSc2ccccc21. The Morgan fingerprint density at radius 2 is 2.28 bits per heavy atom. The molecular formula is C15H21NOS. The highest BCUT2D eigenvalue weighted by atomic mass is 32.2. The van der Waals surface area contributed by atoms with Gasteiger partial charge in [-0.3, -0.25) is 0 Å². The second-order valence-electron chi connectivity index (χ2n) is 4.37. The van der Waals surface area contributed by atoms with E-state index in [1.165, 1.54) is 22.6 Å².